The molecule has 0 spiro atoms. The van der Waals surface area contributed by atoms with Gasteiger partial charge < -0.3 is 10.1 Å². The van der Waals surface area contributed by atoms with Crippen LogP contribution in [0, 0.1) is 6.92 Å². The predicted molar refractivity (Wildman–Crippen MR) is 109 cm³/mol. The van der Waals surface area contributed by atoms with Crippen molar-refractivity contribution < 1.29 is 14.3 Å². The number of benzene rings is 2. The second-order valence-electron chi connectivity index (χ2n) is 6.72. The lowest BCUT2D eigenvalue weighted by molar-refractivity contribution is -0.124. The monoisotopic (exact) mass is 392 g/mol. The number of hydrogen-bond acceptors (Lipinski definition) is 5. The molecule has 1 heterocycles. The first-order valence-corrected chi connectivity index (χ1v) is 9.52. The molecule has 0 saturated carbocycles. The number of esters is 1. The SMILES string of the molecule is CCc1ccc(C(C)NC(=O)COC(=O)c2nn(-c3ccccc3)nc2C)cc1. The molecule has 3 aromatic rings. The van der Waals surface area contributed by atoms with Crippen LogP contribution in [0.4, 0.5) is 0 Å². The third-order valence-electron chi connectivity index (χ3n) is 4.56. The minimum Gasteiger partial charge on any atom is -0.451 e. The fraction of sp³-hybridized carbons (Fsp3) is 0.273. The number of hydrogen-bond donors (Lipinski definition) is 1. The molecule has 0 fully saturated rings. The highest BCUT2D eigenvalue weighted by Gasteiger charge is 2.19. The molecule has 0 aliphatic heterocycles. The van der Waals surface area contributed by atoms with Crippen LogP contribution in [0.2, 0.25) is 0 Å². The van der Waals surface area contributed by atoms with E-state index in [1.54, 1.807) is 6.92 Å². The molecular formula is C22H24N4O3. The maximum Gasteiger partial charge on any atom is 0.361 e. The van der Waals surface area contributed by atoms with Gasteiger partial charge in [-0.25, -0.2) is 4.79 Å². The maximum atomic E-state index is 12.3. The van der Waals surface area contributed by atoms with Crippen molar-refractivity contribution in [3.63, 3.8) is 0 Å². The number of rotatable bonds is 7. The average Bonchev–Trinajstić information content (AvgIpc) is 3.14. The number of carbonyl (C=O) groups excluding carboxylic acids is 2. The lowest BCUT2D eigenvalue weighted by Gasteiger charge is -2.14. The second kappa shape index (κ2) is 9.14. The Morgan fingerprint density at radius 3 is 2.41 bits per heavy atom. The van der Waals surface area contributed by atoms with Gasteiger partial charge in [-0.05, 0) is 43.5 Å². The summed E-state index contributed by atoms with van der Waals surface area (Å²) in [6.45, 7) is 5.27. The summed E-state index contributed by atoms with van der Waals surface area (Å²) >= 11 is 0. The standard InChI is InChI=1S/C22H24N4O3/c1-4-17-10-12-18(13-11-17)15(2)23-20(27)14-29-22(28)21-16(3)24-26(25-21)19-8-6-5-7-9-19/h5-13,15H,4,14H2,1-3H3,(H,23,27). The molecule has 1 unspecified atom stereocenters. The van der Waals surface area contributed by atoms with Gasteiger partial charge in [0.15, 0.2) is 12.3 Å². The number of amides is 1. The van der Waals surface area contributed by atoms with Crippen LogP contribution in [-0.4, -0.2) is 33.5 Å². The van der Waals surface area contributed by atoms with E-state index in [1.165, 1.54) is 10.4 Å². The Balaban J connectivity index is 1.56. The first-order valence-electron chi connectivity index (χ1n) is 9.52. The highest BCUT2D eigenvalue weighted by atomic mass is 16.5. The molecule has 1 N–H and O–H groups in total. The Morgan fingerprint density at radius 1 is 1.07 bits per heavy atom. The van der Waals surface area contributed by atoms with Crippen LogP contribution in [0.1, 0.15) is 47.2 Å². The second-order valence-corrected chi connectivity index (χ2v) is 6.72. The van der Waals surface area contributed by atoms with Gasteiger partial charge >= 0.3 is 5.97 Å². The molecule has 29 heavy (non-hydrogen) atoms. The molecule has 1 aromatic heterocycles. The summed E-state index contributed by atoms with van der Waals surface area (Å²) < 4.78 is 5.13. The van der Waals surface area contributed by atoms with Gasteiger partial charge in [0.2, 0.25) is 0 Å². The van der Waals surface area contributed by atoms with E-state index >= 15 is 0 Å². The summed E-state index contributed by atoms with van der Waals surface area (Å²) in [4.78, 5) is 25.9. The molecule has 0 radical (unpaired) electrons. The van der Waals surface area contributed by atoms with Crippen molar-refractivity contribution in [2.45, 2.75) is 33.2 Å². The van der Waals surface area contributed by atoms with E-state index in [0.29, 0.717) is 5.69 Å². The lowest BCUT2D eigenvalue weighted by Crippen LogP contribution is -2.31. The highest BCUT2D eigenvalue weighted by molar-refractivity contribution is 5.90. The van der Waals surface area contributed by atoms with Gasteiger partial charge in [-0.3, -0.25) is 4.79 Å². The van der Waals surface area contributed by atoms with Crippen LogP contribution in [0.5, 0.6) is 0 Å². The third-order valence-corrected chi connectivity index (χ3v) is 4.56. The van der Waals surface area contributed by atoms with Crippen LogP contribution in [-0.2, 0) is 16.0 Å². The molecule has 0 aliphatic rings. The van der Waals surface area contributed by atoms with Crippen LogP contribution in [0.25, 0.3) is 5.69 Å². The Bertz CT molecular complexity index is 981. The molecule has 150 valence electrons. The number of carbonyl (C=O) groups is 2. The molecule has 1 amide bonds. The number of aromatic nitrogens is 3. The van der Waals surface area contributed by atoms with Crippen LogP contribution in [0.15, 0.2) is 54.6 Å². The Kier molecular flexibility index (Phi) is 6.39. The van der Waals surface area contributed by atoms with Crippen LogP contribution < -0.4 is 5.32 Å². The van der Waals surface area contributed by atoms with Gasteiger partial charge in [0.25, 0.3) is 5.91 Å². The maximum absolute atomic E-state index is 12.3. The van der Waals surface area contributed by atoms with Gasteiger partial charge in [-0.15, -0.1) is 5.10 Å². The molecule has 3 rings (SSSR count). The van der Waals surface area contributed by atoms with Gasteiger partial charge in [0.05, 0.1) is 17.4 Å². The molecule has 7 heteroatoms. The summed E-state index contributed by atoms with van der Waals surface area (Å²) in [5, 5.41) is 11.2. The molecule has 2 aromatic carbocycles. The van der Waals surface area contributed by atoms with Crippen molar-refractivity contribution >= 4 is 11.9 Å². The van der Waals surface area contributed by atoms with E-state index in [9.17, 15) is 9.59 Å². The first kappa shape index (κ1) is 20.3. The molecule has 1 atom stereocenters. The zero-order valence-corrected chi connectivity index (χ0v) is 16.8. The largest absolute Gasteiger partial charge is 0.451 e. The third kappa shape index (κ3) is 5.07. The fourth-order valence-electron chi connectivity index (χ4n) is 2.85. The summed E-state index contributed by atoms with van der Waals surface area (Å²) in [7, 11) is 0. The average molecular weight is 392 g/mol. The number of para-hydroxylation sites is 1. The minimum absolute atomic E-state index is 0.0878. The Hall–Kier alpha value is -3.48. The molecule has 0 bridgehead atoms. The number of nitrogens with one attached hydrogen (secondary N) is 1. The van der Waals surface area contributed by atoms with Crippen LogP contribution >= 0.6 is 0 Å². The molecular weight excluding hydrogens is 368 g/mol. The number of ether oxygens (including phenoxy) is 1. The van der Waals surface area contributed by atoms with Crippen molar-refractivity contribution in [2.75, 3.05) is 6.61 Å². The van der Waals surface area contributed by atoms with Crippen molar-refractivity contribution in [2.24, 2.45) is 0 Å². The normalized spacial score (nSPS) is 11.7. The number of nitrogens with zero attached hydrogens (tertiary/aromatic N) is 3. The zero-order chi connectivity index (χ0) is 20.8. The predicted octanol–water partition coefficient (Wildman–Crippen LogP) is 3.17. The lowest BCUT2D eigenvalue weighted by atomic mass is 10.1. The van der Waals surface area contributed by atoms with E-state index < -0.39 is 5.97 Å². The van der Waals surface area contributed by atoms with Crippen molar-refractivity contribution in [1.29, 1.82) is 0 Å². The van der Waals surface area contributed by atoms with Gasteiger partial charge in [-0.2, -0.15) is 9.90 Å². The summed E-state index contributed by atoms with van der Waals surface area (Å²) in [5.41, 5.74) is 3.48. The zero-order valence-electron chi connectivity index (χ0n) is 16.8. The summed E-state index contributed by atoms with van der Waals surface area (Å²) in [6.07, 6.45) is 0.964. The van der Waals surface area contributed by atoms with Crippen LogP contribution in [0.3, 0.4) is 0 Å². The number of aryl methyl sites for hydroxylation is 2. The van der Waals surface area contributed by atoms with Gasteiger partial charge in [0.1, 0.15) is 0 Å². The van der Waals surface area contributed by atoms with Crippen molar-refractivity contribution in [1.82, 2.24) is 20.3 Å². The fourth-order valence-corrected chi connectivity index (χ4v) is 2.85. The summed E-state index contributed by atoms with van der Waals surface area (Å²) in [6, 6.07) is 17.1. The minimum atomic E-state index is -0.681. The van der Waals surface area contributed by atoms with E-state index in [2.05, 4.69) is 22.4 Å². The Morgan fingerprint density at radius 2 is 1.76 bits per heavy atom. The van der Waals surface area contributed by atoms with E-state index in [1.807, 2.05) is 61.5 Å². The molecule has 0 saturated heterocycles. The molecule has 0 aliphatic carbocycles. The van der Waals surface area contributed by atoms with Crippen molar-refractivity contribution in [3.05, 3.63) is 77.1 Å². The molecule has 7 nitrogen and oxygen atoms in total. The topological polar surface area (TPSA) is 86.1 Å². The first-order chi connectivity index (χ1) is 14.0. The van der Waals surface area contributed by atoms with Gasteiger partial charge in [-0.1, -0.05) is 49.4 Å². The highest BCUT2D eigenvalue weighted by Crippen LogP contribution is 2.14. The van der Waals surface area contributed by atoms with Gasteiger partial charge in [0, 0.05) is 0 Å². The quantitative estimate of drug-likeness (QED) is 0.624. The van der Waals surface area contributed by atoms with E-state index in [4.69, 9.17) is 4.74 Å². The van der Waals surface area contributed by atoms with Crippen molar-refractivity contribution in [3.8, 4) is 5.69 Å². The summed E-state index contributed by atoms with van der Waals surface area (Å²) in [5.74, 6) is -1.06. The van der Waals surface area contributed by atoms with E-state index in [0.717, 1.165) is 17.7 Å². The van der Waals surface area contributed by atoms with E-state index in [-0.39, 0.29) is 24.2 Å². The Labute approximate surface area is 169 Å². The smallest absolute Gasteiger partial charge is 0.361 e.